The third-order valence-electron chi connectivity index (χ3n) is 1.84. The molecular weight excluding hydrogens is 186 g/mol. The van der Waals surface area contributed by atoms with Crippen LogP contribution in [0.4, 0.5) is 0 Å². The fraction of sp³-hybridized carbons (Fsp3) is 0.100. The van der Waals surface area contributed by atoms with Gasteiger partial charge >= 0.3 is 0 Å². The van der Waals surface area contributed by atoms with E-state index in [1.165, 1.54) is 0 Å². The highest BCUT2D eigenvalue weighted by atomic mass is 35.5. The molecule has 0 saturated heterocycles. The van der Waals surface area contributed by atoms with Crippen LogP contribution in [0.2, 0.25) is 5.02 Å². The number of hydrogen-bond acceptors (Lipinski definition) is 2. The van der Waals surface area contributed by atoms with Crippen LogP contribution < -0.4 is 4.74 Å². The summed E-state index contributed by atoms with van der Waals surface area (Å²) in [5, 5.41) is 9.24. The molecule has 64 valence electrons. The molecule has 1 aliphatic rings. The minimum atomic E-state index is 0.313. The summed E-state index contributed by atoms with van der Waals surface area (Å²) in [5.74, 6) is 0.670. The van der Waals surface area contributed by atoms with E-state index in [1.54, 1.807) is 12.1 Å². The number of hydrogen-bond donors (Lipinski definition) is 0. The van der Waals surface area contributed by atoms with E-state index in [2.05, 4.69) is 6.07 Å². The maximum absolute atomic E-state index is 8.65. The second kappa shape index (κ2) is 3.12. The van der Waals surface area contributed by atoms with E-state index < -0.39 is 0 Å². The third-order valence-corrected chi connectivity index (χ3v) is 2.14. The van der Waals surface area contributed by atoms with Gasteiger partial charge in [0, 0.05) is 5.56 Å². The quantitative estimate of drug-likeness (QED) is 0.632. The fourth-order valence-electron chi connectivity index (χ4n) is 1.24. The third kappa shape index (κ3) is 1.39. The Hall–Kier alpha value is -1.46. The van der Waals surface area contributed by atoms with E-state index in [0.717, 1.165) is 5.56 Å². The lowest BCUT2D eigenvalue weighted by molar-refractivity contribution is 0.352. The summed E-state index contributed by atoms with van der Waals surface area (Å²) in [6, 6.07) is 7.53. The Balaban J connectivity index is 2.55. The lowest BCUT2D eigenvalue weighted by Gasteiger charge is -2.15. The molecule has 0 bridgehead atoms. The van der Waals surface area contributed by atoms with Crippen LogP contribution in [0.15, 0.2) is 23.8 Å². The number of benzene rings is 1. The zero-order valence-corrected chi connectivity index (χ0v) is 7.51. The number of ether oxygens (including phenoxy) is 1. The molecule has 0 atom stereocenters. The van der Waals surface area contributed by atoms with Crippen molar-refractivity contribution in [1.29, 1.82) is 5.26 Å². The van der Waals surface area contributed by atoms with Crippen molar-refractivity contribution < 1.29 is 4.74 Å². The minimum absolute atomic E-state index is 0.313. The van der Waals surface area contributed by atoms with Crippen LogP contribution in [-0.2, 0) is 0 Å². The maximum atomic E-state index is 8.65. The number of para-hydroxylation sites is 1. The van der Waals surface area contributed by atoms with Crippen LogP contribution in [0.25, 0.3) is 6.08 Å². The summed E-state index contributed by atoms with van der Waals surface area (Å²) < 4.78 is 5.34. The number of fused-ring (bicyclic) bond motifs is 1. The topological polar surface area (TPSA) is 33.0 Å². The molecule has 0 spiro atoms. The Morgan fingerprint density at radius 3 is 3.08 bits per heavy atom. The Kier molecular flexibility index (Phi) is 1.96. The standard InChI is InChI=1S/C10H6ClNO/c11-9-3-1-2-8-4-7(5-12)6-13-10(8)9/h1-4H,6H2. The highest BCUT2D eigenvalue weighted by molar-refractivity contribution is 6.32. The summed E-state index contributed by atoms with van der Waals surface area (Å²) >= 11 is 5.90. The zero-order valence-electron chi connectivity index (χ0n) is 6.75. The van der Waals surface area contributed by atoms with Gasteiger partial charge in [-0.1, -0.05) is 23.7 Å². The van der Waals surface area contributed by atoms with Crippen LogP contribution in [0.1, 0.15) is 5.56 Å². The van der Waals surface area contributed by atoms with E-state index in [1.807, 2.05) is 12.1 Å². The molecular formula is C10H6ClNO. The Morgan fingerprint density at radius 1 is 1.46 bits per heavy atom. The largest absolute Gasteiger partial charge is 0.486 e. The van der Waals surface area contributed by atoms with Crippen LogP contribution in [0, 0.1) is 11.3 Å². The van der Waals surface area contributed by atoms with Crippen molar-refractivity contribution in [2.24, 2.45) is 0 Å². The Labute approximate surface area is 81.0 Å². The molecule has 0 radical (unpaired) electrons. The number of nitrogens with zero attached hydrogens (tertiary/aromatic N) is 1. The van der Waals surface area contributed by atoms with Crippen molar-refractivity contribution in [3.8, 4) is 11.8 Å². The first-order valence-electron chi connectivity index (χ1n) is 3.83. The van der Waals surface area contributed by atoms with Gasteiger partial charge in [0.2, 0.25) is 0 Å². The van der Waals surface area contributed by atoms with Gasteiger partial charge in [-0.05, 0) is 12.1 Å². The summed E-state index contributed by atoms with van der Waals surface area (Å²) in [4.78, 5) is 0. The van der Waals surface area contributed by atoms with Crippen molar-refractivity contribution in [3.05, 3.63) is 34.4 Å². The monoisotopic (exact) mass is 191 g/mol. The normalized spacial score (nSPS) is 13.7. The average Bonchev–Trinajstić information content (AvgIpc) is 2.18. The summed E-state index contributed by atoms with van der Waals surface area (Å²) in [7, 11) is 0. The molecule has 13 heavy (non-hydrogen) atoms. The molecule has 0 saturated carbocycles. The maximum Gasteiger partial charge on any atom is 0.145 e. The number of halogens is 1. The molecule has 0 unspecified atom stereocenters. The predicted molar refractivity (Wildman–Crippen MR) is 50.5 cm³/mol. The Morgan fingerprint density at radius 2 is 2.31 bits per heavy atom. The molecule has 2 nitrogen and oxygen atoms in total. The van der Waals surface area contributed by atoms with Crippen LogP contribution in [0.3, 0.4) is 0 Å². The first kappa shape index (κ1) is 8.15. The average molecular weight is 192 g/mol. The second-order valence-corrected chi connectivity index (χ2v) is 3.14. The first-order valence-corrected chi connectivity index (χ1v) is 4.21. The van der Waals surface area contributed by atoms with Crippen molar-refractivity contribution in [2.75, 3.05) is 6.61 Å². The van der Waals surface area contributed by atoms with Gasteiger partial charge in [-0.15, -0.1) is 0 Å². The van der Waals surface area contributed by atoms with E-state index in [0.29, 0.717) is 23.0 Å². The lowest BCUT2D eigenvalue weighted by atomic mass is 10.1. The highest BCUT2D eigenvalue weighted by Crippen LogP contribution is 2.33. The molecule has 0 N–H and O–H groups in total. The molecule has 1 aromatic carbocycles. The number of nitriles is 1. The van der Waals surface area contributed by atoms with Crippen LogP contribution >= 0.6 is 11.6 Å². The molecule has 1 heterocycles. The summed E-state index contributed by atoms with van der Waals surface area (Å²) in [6.45, 7) is 0.313. The molecule has 0 aliphatic carbocycles. The van der Waals surface area contributed by atoms with E-state index in [4.69, 9.17) is 21.6 Å². The predicted octanol–water partition coefficient (Wildman–Crippen LogP) is 2.64. The van der Waals surface area contributed by atoms with Crippen LogP contribution in [0.5, 0.6) is 5.75 Å². The molecule has 0 aromatic heterocycles. The van der Waals surface area contributed by atoms with E-state index in [9.17, 15) is 0 Å². The summed E-state index contributed by atoms with van der Waals surface area (Å²) in [6.07, 6.45) is 1.80. The SMILES string of the molecule is N#CC1=Cc2cccc(Cl)c2OC1. The lowest BCUT2D eigenvalue weighted by Crippen LogP contribution is -2.06. The van der Waals surface area contributed by atoms with Gasteiger partial charge in [-0.3, -0.25) is 0 Å². The molecule has 1 aliphatic heterocycles. The van der Waals surface area contributed by atoms with Crippen molar-refractivity contribution in [1.82, 2.24) is 0 Å². The fourth-order valence-corrected chi connectivity index (χ4v) is 1.47. The molecule has 0 amide bonds. The highest BCUT2D eigenvalue weighted by Gasteiger charge is 2.13. The van der Waals surface area contributed by atoms with Crippen molar-refractivity contribution >= 4 is 17.7 Å². The van der Waals surface area contributed by atoms with E-state index in [-0.39, 0.29) is 0 Å². The molecule has 1 aromatic rings. The van der Waals surface area contributed by atoms with Gasteiger partial charge in [0.25, 0.3) is 0 Å². The zero-order chi connectivity index (χ0) is 9.26. The molecule has 0 fully saturated rings. The minimum Gasteiger partial charge on any atom is -0.486 e. The smallest absolute Gasteiger partial charge is 0.145 e. The van der Waals surface area contributed by atoms with Gasteiger partial charge in [-0.2, -0.15) is 5.26 Å². The molecule has 2 rings (SSSR count). The molecule has 3 heteroatoms. The van der Waals surface area contributed by atoms with Gasteiger partial charge in [-0.25, -0.2) is 0 Å². The second-order valence-electron chi connectivity index (χ2n) is 2.73. The van der Waals surface area contributed by atoms with Crippen LogP contribution in [-0.4, -0.2) is 6.61 Å². The van der Waals surface area contributed by atoms with Gasteiger partial charge in [0.1, 0.15) is 12.4 Å². The van der Waals surface area contributed by atoms with Gasteiger partial charge in [0.15, 0.2) is 0 Å². The Bertz CT molecular complexity index is 417. The van der Waals surface area contributed by atoms with Gasteiger partial charge < -0.3 is 4.74 Å². The van der Waals surface area contributed by atoms with E-state index >= 15 is 0 Å². The van der Waals surface area contributed by atoms with Crippen molar-refractivity contribution in [2.45, 2.75) is 0 Å². The van der Waals surface area contributed by atoms with Crippen molar-refractivity contribution in [3.63, 3.8) is 0 Å². The van der Waals surface area contributed by atoms with Gasteiger partial charge in [0.05, 0.1) is 16.7 Å². The number of rotatable bonds is 0. The summed E-state index contributed by atoms with van der Waals surface area (Å²) in [5.41, 5.74) is 1.49. The first-order chi connectivity index (χ1) is 6.31.